The number of hydrogen-bond donors (Lipinski definition) is 2. The molecule has 1 amide bonds. The van der Waals surface area contributed by atoms with Crippen LogP contribution in [0.3, 0.4) is 0 Å². The fourth-order valence-electron chi connectivity index (χ4n) is 6.25. The SMILES string of the molecule is CN(C)c1ccc(C2CCC(CN(C(=O)C3CCCCC3)c3cccc(/C(C=N)=C/NC4CC4)c3)CC2)cn1. The van der Waals surface area contributed by atoms with Crippen LogP contribution in [0.5, 0.6) is 0 Å². The Hall–Kier alpha value is -3.15. The number of aromatic nitrogens is 1. The highest BCUT2D eigenvalue weighted by Gasteiger charge is 2.31. The Labute approximate surface area is 234 Å². The summed E-state index contributed by atoms with van der Waals surface area (Å²) in [7, 11) is 4.05. The summed E-state index contributed by atoms with van der Waals surface area (Å²) in [5, 5.41) is 11.4. The minimum absolute atomic E-state index is 0.134. The molecule has 0 aliphatic heterocycles. The quantitative estimate of drug-likeness (QED) is 0.334. The van der Waals surface area contributed by atoms with Gasteiger partial charge in [-0.25, -0.2) is 4.98 Å². The van der Waals surface area contributed by atoms with Crippen molar-refractivity contribution in [2.24, 2.45) is 11.8 Å². The summed E-state index contributed by atoms with van der Waals surface area (Å²) in [5.41, 5.74) is 4.18. The lowest BCUT2D eigenvalue weighted by molar-refractivity contribution is -0.123. The second kappa shape index (κ2) is 12.8. The number of nitrogens with zero attached hydrogens (tertiary/aromatic N) is 3. The van der Waals surface area contributed by atoms with Crippen LogP contribution in [0.1, 0.15) is 87.7 Å². The van der Waals surface area contributed by atoms with Gasteiger partial charge in [-0.15, -0.1) is 0 Å². The molecule has 3 aliphatic carbocycles. The summed E-state index contributed by atoms with van der Waals surface area (Å²) in [4.78, 5) is 22.7. The molecule has 1 aromatic heterocycles. The van der Waals surface area contributed by atoms with E-state index in [-0.39, 0.29) is 5.92 Å². The predicted molar refractivity (Wildman–Crippen MR) is 162 cm³/mol. The smallest absolute Gasteiger partial charge is 0.230 e. The number of pyridine rings is 1. The first kappa shape index (κ1) is 27.4. The average molecular weight is 528 g/mol. The van der Waals surface area contributed by atoms with E-state index >= 15 is 0 Å². The maximum Gasteiger partial charge on any atom is 0.230 e. The van der Waals surface area contributed by atoms with Crippen LogP contribution < -0.4 is 15.1 Å². The Bertz CT molecular complexity index is 1140. The number of hydrogen-bond acceptors (Lipinski definition) is 5. The van der Waals surface area contributed by atoms with E-state index in [2.05, 4.69) is 51.7 Å². The molecule has 3 saturated carbocycles. The molecule has 0 spiro atoms. The third-order valence-corrected chi connectivity index (χ3v) is 8.91. The van der Waals surface area contributed by atoms with Crippen molar-refractivity contribution < 1.29 is 4.79 Å². The van der Waals surface area contributed by atoms with Gasteiger partial charge in [-0.2, -0.15) is 0 Å². The van der Waals surface area contributed by atoms with E-state index < -0.39 is 0 Å². The summed E-state index contributed by atoms with van der Waals surface area (Å²) in [6.45, 7) is 0.785. The normalized spacial score (nSPS) is 22.3. The van der Waals surface area contributed by atoms with E-state index in [1.807, 2.05) is 31.3 Å². The highest BCUT2D eigenvalue weighted by atomic mass is 16.2. The summed E-state index contributed by atoms with van der Waals surface area (Å²) in [6, 6.07) is 13.2. The molecule has 39 heavy (non-hydrogen) atoms. The zero-order valence-corrected chi connectivity index (χ0v) is 23.7. The van der Waals surface area contributed by atoms with Gasteiger partial charge in [0.15, 0.2) is 0 Å². The van der Waals surface area contributed by atoms with Crippen molar-refractivity contribution in [3.8, 4) is 0 Å². The van der Waals surface area contributed by atoms with Crippen molar-refractivity contribution in [3.63, 3.8) is 0 Å². The van der Waals surface area contributed by atoms with Crippen LogP contribution in [0.4, 0.5) is 11.5 Å². The largest absolute Gasteiger partial charge is 0.388 e. The fourth-order valence-corrected chi connectivity index (χ4v) is 6.25. The van der Waals surface area contributed by atoms with E-state index in [1.165, 1.54) is 31.0 Å². The first-order valence-corrected chi connectivity index (χ1v) is 15.0. The summed E-state index contributed by atoms with van der Waals surface area (Å²) in [6.07, 6.45) is 18.0. The highest BCUT2D eigenvalue weighted by molar-refractivity contribution is 6.08. The zero-order chi connectivity index (χ0) is 27.2. The molecular formula is C33H45N5O. The number of allylic oxidation sites excluding steroid dienone is 1. The lowest BCUT2D eigenvalue weighted by atomic mass is 9.78. The fraction of sp³-hybridized carbons (Fsp3) is 0.545. The highest BCUT2D eigenvalue weighted by Crippen LogP contribution is 2.38. The topological polar surface area (TPSA) is 72.3 Å². The van der Waals surface area contributed by atoms with Crippen molar-refractivity contribution in [3.05, 3.63) is 59.9 Å². The average Bonchev–Trinajstić information content (AvgIpc) is 3.81. The lowest BCUT2D eigenvalue weighted by Crippen LogP contribution is -2.41. The summed E-state index contributed by atoms with van der Waals surface area (Å²) in [5.74, 6) is 2.48. The number of amides is 1. The van der Waals surface area contributed by atoms with Crippen molar-refractivity contribution in [1.82, 2.24) is 10.3 Å². The molecule has 0 atom stereocenters. The maximum absolute atomic E-state index is 14.0. The standard InChI is InChI=1S/C33H45N5O/c1-37(2)32-18-15-28(21-36-32)25-13-11-24(12-14-25)23-38(33(39)26-7-4-3-5-8-26)31-10-6-9-27(19-31)29(20-34)22-35-30-16-17-30/h6,9-10,15,18-22,24-26,30,34-35H,3-5,7-8,11-14,16-17,23H2,1-2H3/b29-22+,34-20?. The summed E-state index contributed by atoms with van der Waals surface area (Å²) >= 11 is 0. The first-order chi connectivity index (χ1) is 19.0. The molecule has 0 unspecified atom stereocenters. The first-order valence-electron chi connectivity index (χ1n) is 15.0. The van der Waals surface area contributed by atoms with Gasteiger partial charge in [0.05, 0.1) is 0 Å². The van der Waals surface area contributed by atoms with Crippen molar-refractivity contribution in [2.75, 3.05) is 30.4 Å². The summed E-state index contributed by atoms with van der Waals surface area (Å²) < 4.78 is 0. The number of anilines is 2. The minimum atomic E-state index is 0.134. The van der Waals surface area contributed by atoms with Gasteiger partial charge in [0.2, 0.25) is 5.91 Å². The molecule has 208 valence electrons. The van der Waals surface area contributed by atoms with Crippen LogP contribution in [0, 0.1) is 17.2 Å². The Kier molecular flexibility index (Phi) is 9.00. The lowest BCUT2D eigenvalue weighted by Gasteiger charge is -2.35. The Morgan fingerprint density at radius 2 is 1.77 bits per heavy atom. The molecule has 1 heterocycles. The Balaban J connectivity index is 1.30. The third kappa shape index (κ3) is 7.09. The number of nitrogens with one attached hydrogen (secondary N) is 2. The molecule has 0 saturated heterocycles. The van der Waals surface area contributed by atoms with Crippen LogP contribution in [0.2, 0.25) is 0 Å². The van der Waals surface area contributed by atoms with E-state index in [1.54, 1.807) is 0 Å². The molecule has 0 radical (unpaired) electrons. The van der Waals surface area contributed by atoms with Crippen LogP contribution in [0.25, 0.3) is 5.57 Å². The van der Waals surface area contributed by atoms with Crippen LogP contribution in [-0.4, -0.2) is 43.8 Å². The molecule has 3 fully saturated rings. The van der Waals surface area contributed by atoms with Gasteiger partial charge in [0.25, 0.3) is 0 Å². The van der Waals surface area contributed by atoms with Gasteiger partial charge in [-0.1, -0.05) is 37.5 Å². The van der Waals surface area contributed by atoms with Gasteiger partial charge < -0.3 is 20.5 Å². The van der Waals surface area contributed by atoms with E-state index in [4.69, 9.17) is 5.41 Å². The second-order valence-electron chi connectivity index (χ2n) is 12.1. The molecule has 6 nitrogen and oxygen atoms in total. The van der Waals surface area contributed by atoms with E-state index in [0.717, 1.165) is 80.6 Å². The van der Waals surface area contributed by atoms with Gasteiger partial charge in [-0.05, 0) is 92.5 Å². The predicted octanol–water partition coefficient (Wildman–Crippen LogP) is 6.78. The van der Waals surface area contributed by atoms with Crippen LogP contribution >= 0.6 is 0 Å². The molecule has 6 heteroatoms. The monoisotopic (exact) mass is 527 g/mol. The van der Waals surface area contributed by atoms with E-state index in [9.17, 15) is 4.79 Å². The molecular weight excluding hydrogens is 482 g/mol. The van der Waals surface area contributed by atoms with Crippen LogP contribution in [-0.2, 0) is 4.79 Å². The van der Waals surface area contributed by atoms with E-state index in [0.29, 0.717) is 23.8 Å². The Morgan fingerprint density at radius 3 is 2.41 bits per heavy atom. The second-order valence-corrected chi connectivity index (χ2v) is 12.1. The van der Waals surface area contributed by atoms with Gasteiger partial charge in [0.1, 0.15) is 5.82 Å². The Morgan fingerprint density at radius 1 is 1.00 bits per heavy atom. The molecule has 1 aromatic carbocycles. The number of rotatable bonds is 10. The van der Waals surface area contributed by atoms with Gasteiger partial charge in [0, 0.05) is 62.5 Å². The molecule has 2 N–H and O–H groups in total. The van der Waals surface area contributed by atoms with Gasteiger partial charge in [-0.3, -0.25) is 4.79 Å². The van der Waals surface area contributed by atoms with Crippen molar-refractivity contribution in [1.29, 1.82) is 5.41 Å². The maximum atomic E-state index is 14.0. The molecule has 0 bridgehead atoms. The minimum Gasteiger partial charge on any atom is -0.388 e. The zero-order valence-electron chi connectivity index (χ0n) is 23.7. The molecule has 5 rings (SSSR count). The molecule has 2 aromatic rings. The number of carbonyl (C=O) groups is 1. The molecule has 3 aliphatic rings. The number of benzene rings is 1. The van der Waals surface area contributed by atoms with Crippen molar-refractivity contribution in [2.45, 2.75) is 82.6 Å². The number of carbonyl (C=O) groups excluding carboxylic acids is 1. The van der Waals surface area contributed by atoms with Gasteiger partial charge >= 0.3 is 0 Å². The van der Waals surface area contributed by atoms with Crippen LogP contribution in [0.15, 0.2) is 48.8 Å². The third-order valence-electron chi connectivity index (χ3n) is 8.91. The van der Waals surface area contributed by atoms with Crippen molar-refractivity contribution >= 4 is 29.2 Å².